The largest absolute Gasteiger partial charge is 0.0622 e. The van der Waals surface area contributed by atoms with E-state index in [1.54, 1.807) is 0 Å². The molecule has 54 heavy (non-hydrogen) atoms. The van der Waals surface area contributed by atoms with Crippen LogP contribution in [0.5, 0.6) is 0 Å². The van der Waals surface area contributed by atoms with Crippen molar-refractivity contribution in [3.8, 4) is 55.6 Å². The molecule has 0 aliphatic heterocycles. The Kier molecular flexibility index (Phi) is 6.46. The molecule has 11 rings (SSSR count). The van der Waals surface area contributed by atoms with Crippen molar-refractivity contribution in [3.63, 3.8) is 0 Å². The van der Waals surface area contributed by atoms with Crippen LogP contribution < -0.4 is 0 Å². The lowest BCUT2D eigenvalue weighted by Gasteiger charge is -2.24. The van der Waals surface area contributed by atoms with Gasteiger partial charge < -0.3 is 0 Å². The maximum Gasteiger partial charge on any atom is 0.0159 e. The first-order valence-corrected chi connectivity index (χ1v) is 19.3. The van der Waals surface area contributed by atoms with Gasteiger partial charge in [-0.3, -0.25) is 0 Å². The van der Waals surface area contributed by atoms with E-state index in [0.29, 0.717) is 0 Å². The highest BCUT2D eigenvalue weighted by Gasteiger charge is 2.41. The molecule has 2 aliphatic rings. The van der Waals surface area contributed by atoms with Gasteiger partial charge in [-0.2, -0.15) is 0 Å². The second kappa shape index (κ2) is 11.1. The Labute approximate surface area is 317 Å². The zero-order chi connectivity index (χ0) is 36.3. The van der Waals surface area contributed by atoms with Crippen LogP contribution in [0.4, 0.5) is 0 Å². The van der Waals surface area contributed by atoms with E-state index in [4.69, 9.17) is 0 Å². The topological polar surface area (TPSA) is 0 Å². The molecule has 0 heterocycles. The summed E-state index contributed by atoms with van der Waals surface area (Å²) < 4.78 is 0. The van der Waals surface area contributed by atoms with Gasteiger partial charge in [0.05, 0.1) is 0 Å². The summed E-state index contributed by atoms with van der Waals surface area (Å²) in [6, 6.07) is 63.9. The van der Waals surface area contributed by atoms with Crippen LogP contribution in [-0.4, -0.2) is 0 Å². The summed E-state index contributed by atoms with van der Waals surface area (Å²) in [7, 11) is 0. The zero-order valence-corrected chi connectivity index (χ0v) is 31.2. The Morgan fingerprint density at radius 1 is 0.278 bits per heavy atom. The standard InChI is InChI=1S/C54H40/c1-53(2)47-25-15-14-20-38(47)44-31-50-45(32-49(44)53)43-29-34(26-27-48(43)54(50,3)4)36-28-35-18-8-9-19-37(35)46(30-36)52-41-23-12-10-21-39(41)51(33-16-6-5-7-17-33)40-22-11-13-24-42(40)52/h5-32H,1-4H3. The summed E-state index contributed by atoms with van der Waals surface area (Å²) in [6.07, 6.45) is 0. The van der Waals surface area contributed by atoms with Gasteiger partial charge in [0.2, 0.25) is 0 Å². The molecule has 0 N–H and O–H groups in total. The molecule has 0 unspecified atom stereocenters. The van der Waals surface area contributed by atoms with Crippen molar-refractivity contribution in [2.75, 3.05) is 0 Å². The van der Waals surface area contributed by atoms with Gasteiger partial charge >= 0.3 is 0 Å². The quantitative estimate of drug-likeness (QED) is 0.162. The highest BCUT2D eigenvalue weighted by Crippen LogP contribution is 2.56. The van der Waals surface area contributed by atoms with Crippen LogP contribution in [0.25, 0.3) is 88.0 Å². The summed E-state index contributed by atoms with van der Waals surface area (Å²) in [4.78, 5) is 0. The van der Waals surface area contributed by atoms with Gasteiger partial charge in [-0.25, -0.2) is 0 Å². The summed E-state index contributed by atoms with van der Waals surface area (Å²) in [5.74, 6) is 0. The molecule has 0 saturated carbocycles. The SMILES string of the molecule is CC1(C)c2ccccc2-c2cc3c(cc21)-c1cc(-c2cc(-c4c5ccccc5c(-c5ccccc5)c5ccccc45)c4ccccc4c2)ccc1C3(C)C. The van der Waals surface area contributed by atoms with E-state index in [2.05, 4.69) is 198 Å². The number of hydrogen-bond acceptors (Lipinski definition) is 0. The second-order valence-electron chi connectivity index (χ2n) is 16.5. The zero-order valence-electron chi connectivity index (χ0n) is 31.2. The van der Waals surface area contributed by atoms with Crippen LogP contribution in [0.2, 0.25) is 0 Å². The van der Waals surface area contributed by atoms with Crippen LogP contribution in [0.3, 0.4) is 0 Å². The normalized spacial score (nSPS) is 14.6. The second-order valence-corrected chi connectivity index (χ2v) is 16.5. The molecule has 0 fully saturated rings. The summed E-state index contributed by atoms with van der Waals surface area (Å²) in [5, 5.41) is 7.64. The van der Waals surface area contributed by atoms with Gasteiger partial charge in [0, 0.05) is 10.8 Å². The lowest BCUT2D eigenvalue weighted by molar-refractivity contribution is 0.652. The highest BCUT2D eigenvalue weighted by atomic mass is 14.4. The Morgan fingerprint density at radius 2 is 0.759 bits per heavy atom. The van der Waals surface area contributed by atoms with E-state index < -0.39 is 0 Å². The van der Waals surface area contributed by atoms with Crippen molar-refractivity contribution in [3.05, 3.63) is 192 Å². The molecular formula is C54H40. The van der Waals surface area contributed by atoms with Gasteiger partial charge in [-0.05, 0) is 141 Å². The minimum atomic E-state index is -0.0905. The first kappa shape index (κ1) is 31.3. The fourth-order valence-corrected chi connectivity index (χ4v) is 10.1. The lowest BCUT2D eigenvalue weighted by atomic mass is 9.79. The van der Waals surface area contributed by atoms with Crippen molar-refractivity contribution in [1.82, 2.24) is 0 Å². The van der Waals surface area contributed by atoms with E-state index in [0.717, 1.165) is 0 Å². The van der Waals surface area contributed by atoms with E-state index in [9.17, 15) is 0 Å². The van der Waals surface area contributed by atoms with Gasteiger partial charge in [-0.15, -0.1) is 0 Å². The molecule has 0 spiro atoms. The Morgan fingerprint density at radius 3 is 1.43 bits per heavy atom. The van der Waals surface area contributed by atoms with Gasteiger partial charge in [0.15, 0.2) is 0 Å². The van der Waals surface area contributed by atoms with Gasteiger partial charge in [-0.1, -0.05) is 167 Å². The molecule has 0 amide bonds. The predicted octanol–water partition coefficient (Wildman–Crippen LogP) is 14.8. The number of hydrogen-bond donors (Lipinski definition) is 0. The predicted molar refractivity (Wildman–Crippen MR) is 230 cm³/mol. The summed E-state index contributed by atoms with van der Waals surface area (Å²) >= 11 is 0. The summed E-state index contributed by atoms with van der Waals surface area (Å²) in [5.41, 5.74) is 18.7. The van der Waals surface area contributed by atoms with E-state index in [-0.39, 0.29) is 10.8 Å². The number of fused-ring (bicyclic) bond motifs is 9. The van der Waals surface area contributed by atoms with Crippen LogP contribution in [0.1, 0.15) is 49.9 Å². The molecule has 0 bridgehead atoms. The van der Waals surface area contributed by atoms with Crippen LogP contribution in [-0.2, 0) is 10.8 Å². The van der Waals surface area contributed by atoms with Crippen molar-refractivity contribution < 1.29 is 0 Å². The van der Waals surface area contributed by atoms with Gasteiger partial charge in [0.1, 0.15) is 0 Å². The monoisotopic (exact) mass is 688 g/mol. The van der Waals surface area contributed by atoms with Crippen molar-refractivity contribution in [2.24, 2.45) is 0 Å². The molecule has 2 aliphatic carbocycles. The highest BCUT2D eigenvalue weighted by molar-refractivity contribution is 6.23. The Bertz CT molecular complexity index is 2970. The maximum atomic E-state index is 2.53. The fraction of sp³-hybridized carbons (Fsp3) is 0.111. The minimum absolute atomic E-state index is 0.0414. The van der Waals surface area contributed by atoms with E-state index in [1.807, 2.05) is 0 Å². The molecule has 0 heteroatoms. The van der Waals surface area contributed by atoms with Crippen molar-refractivity contribution in [1.29, 1.82) is 0 Å². The van der Waals surface area contributed by atoms with Crippen molar-refractivity contribution >= 4 is 32.3 Å². The fourth-order valence-electron chi connectivity index (χ4n) is 10.1. The maximum absolute atomic E-state index is 2.53. The first-order chi connectivity index (χ1) is 26.3. The summed E-state index contributed by atoms with van der Waals surface area (Å²) in [6.45, 7) is 9.58. The molecule has 0 atom stereocenters. The Balaban J connectivity index is 1.15. The van der Waals surface area contributed by atoms with E-state index >= 15 is 0 Å². The molecule has 9 aromatic rings. The third-order valence-electron chi connectivity index (χ3n) is 12.8. The lowest BCUT2D eigenvalue weighted by Crippen LogP contribution is -2.16. The average molecular weight is 689 g/mol. The molecule has 0 saturated heterocycles. The number of benzene rings is 9. The van der Waals surface area contributed by atoms with Crippen LogP contribution in [0, 0.1) is 0 Å². The molecule has 0 nitrogen and oxygen atoms in total. The molecular weight excluding hydrogens is 649 g/mol. The van der Waals surface area contributed by atoms with Crippen LogP contribution in [0.15, 0.2) is 170 Å². The van der Waals surface area contributed by atoms with Crippen molar-refractivity contribution in [2.45, 2.75) is 38.5 Å². The van der Waals surface area contributed by atoms with Crippen LogP contribution >= 0.6 is 0 Å². The van der Waals surface area contributed by atoms with E-state index in [1.165, 1.54) is 110 Å². The Hall–Kier alpha value is -6.24. The molecule has 0 radical (unpaired) electrons. The molecule has 256 valence electrons. The average Bonchev–Trinajstić information content (AvgIpc) is 3.57. The third-order valence-corrected chi connectivity index (χ3v) is 12.8. The first-order valence-electron chi connectivity index (χ1n) is 19.3. The molecule has 0 aromatic heterocycles. The molecule has 9 aromatic carbocycles. The number of rotatable bonds is 3. The third kappa shape index (κ3) is 4.26. The minimum Gasteiger partial charge on any atom is -0.0622 e. The van der Waals surface area contributed by atoms with Gasteiger partial charge in [0.25, 0.3) is 0 Å². The smallest absolute Gasteiger partial charge is 0.0159 e.